The van der Waals surface area contributed by atoms with Crippen molar-refractivity contribution >= 4 is 37.2 Å². The lowest BCUT2D eigenvalue weighted by Crippen LogP contribution is -2.59. The van der Waals surface area contributed by atoms with Gasteiger partial charge in [-0.15, -0.1) is 9.05 Å². The predicted octanol–water partition coefficient (Wildman–Crippen LogP) is 8.34. The highest BCUT2D eigenvalue weighted by Gasteiger charge is 2.48. The lowest BCUT2D eigenvalue weighted by Gasteiger charge is -2.47. The van der Waals surface area contributed by atoms with Gasteiger partial charge in [-0.3, -0.25) is 24.0 Å². The van der Waals surface area contributed by atoms with Crippen LogP contribution in [0.1, 0.15) is 222 Å². The third-order valence-electron chi connectivity index (χ3n) is 13.9. The molecule has 21 nitrogen and oxygen atoms in total. The minimum atomic E-state index is -1.79. The van der Waals surface area contributed by atoms with Gasteiger partial charge in [0.25, 0.3) is 0 Å². The molecule has 6 fully saturated rings. The van der Waals surface area contributed by atoms with Crippen molar-refractivity contribution in [2.75, 3.05) is 39.4 Å². The summed E-state index contributed by atoms with van der Waals surface area (Å²) in [7, 11) is -1.79. The number of carbonyl (C=O) groups is 5. The third kappa shape index (κ3) is 24.3. The number of hydroxylamine groups is 10. The molecule has 0 amide bonds. The summed E-state index contributed by atoms with van der Waals surface area (Å²) >= 11 is 0. The molecule has 6 rings (SSSR count). The smallest absolute Gasteiger partial charge is 0.329 e. The first-order valence-electron chi connectivity index (χ1n) is 27.0. The van der Waals surface area contributed by atoms with E-state index in [-0.39, 0.29) is 28.9 Å². The fourth-order valence-electron chi connectivity index (χ4n) is 11.0. The normalized spacial score (nSPS) is 26.4. The van der Waals surface area contributed by atoms with Crippen molar-refractivity contribution in [2.45, 2.75) is 277 Å². The van der Waals surface area contributed by atoms with Crippen LogP contribution in [-0.4, -0.2) is 175 Å². The molecule has 0 aromatic carbocycles. The maximum Gasteiger partial charge on any atom is 0.697 e. The van der Waals surface area contributed by atoms with Crippen LogP contribution in [0.4, 0.5) is 0 Å². The van der Waals surface area contributed by atoms with E-state index in [0.717, 1.165) is 32.4 Å². The van der Waals surface area contributed by atoms with Crippen molar-refractivity contribution in [2.24, 2.45) is 11.5 Å². The molecule has 0 spiro atoms. The molecule has 446 valence electrons. The van der Waals surface area contributed by atoms with E-state index in [0.29, 0.717) is 90.5 Å². The number of Topliss-reactive ketones (excluding diaryl/α,β-unsaturated/α-hetero) is 5. The van der Waals surface area contributed by atoms with E-state index in [1.807, 2.05) is 138 Å². The summed E-state index contributed by atoms with van der Waals surface area (Å²) in [5.74, 6) is 1.16. The molecule has 10 N–H and O–H groups in total. The molecule has 76 heavy (non-hydrogen) atoms. The molecule has 0 unspecified atom stereocenters. The van der Waals surface area contributed by atoms with E-state index >= 15 is 0 Å². The lowest BCUT2D eigenvalue weighted by atomic mass is 9.81. The third-order valence-corrected chi connectivity index (χ3v) is 14.6. The van der Waals surface area contributed by atoms with Crippen molar-refractivity contribution in [3.05, 3.63) is 0 Å². The van der Waals surface area contributed by atoms with Crippen molar-refractivity contribution in [3.8, 4) is 0 Å². The van der Waals surface area contributed by atoms with Gasteiger partial charge in [-0.05, 0) is 158 Å². The van der Waals surface area contributed by atoms with Crippen molar-refractivity contribution in [1.29, 1.82) is 0 Å². The van der Waals surface area contributed by atoms with Crippen LogP contribution in [0.3, 0.4) is 0 Å². The molecule has 0 aromatic rings. The number of carbonyl (C=O) groups excluding carboxylic acids is 5. The fraction of sp³-hybridized carbons (Fsp3) is 0.907. The van der Waals surface area contributed by atoms with Crippen LogP contribution in [0, 0.1) is 0 Å². The minimum absolute atomic E-state index is 0.232. The second-order valence-corrected chi connectivity index (χ2v) is 28.4. The van der Waals surface area contributed by atoms with E-state index < -0.39 is 63.6 Å². The summed E-state index contributed by atoms with van der Waals surface area (Å²) in [5, 5.41) is 58.4. The Kier molecular flexibility index (Phi) is 28.7. The van der Waals surface area contributed by atoms with Gasteiger partial charge in [-0.25, -0.2) is 0 Å². The Bertz CT molecular complexity index is 1520. The zero-order chi connectivity index (χ0) is 59.9. The number of nitrogens with two attached hydrogens (primary N) is 2. The number of nitrogens with zero attached hydrogens (tertiary/aromatic N) is 5. The summed E-state index contributed by atoms with van der Waals surface area (Å²) in [5.41, 5.74) is 6.15. The van der Waals surface area contributed by atoms with Crippen molar-refractivity contribution in [3.63, 3.8) is 0 Å². The number of nitrogens with one attached hydrogen (secondary N) is 1. The molecule has 22 heteroatoms. The van der Waals surface area contributed by atoms with E-state index in [2.05, 4.69) is 5.32 Å². The summed E-state index contributed by atoms with van der Waals surface area (Å²) in [6.07, 6.45) is 7.50. The quantitative estimate of drug-likeness (QED) is 0.0968. The number of ketones is 5. The average Bonchev–Trinajstić information content (AvgIpc) is 3.21. The van der Waals surface area contributed by atoms with Gasteiger partial charge in [0.05, 0.1) is 0 Å². The number of hydrogen-bond donors (Lipinski definition) is 8. The first kappa shape index (κ1) is 73.8. The summed E-state index contributed by atoms with van der Waals surface area (Å²) < 4.78 is 20.1. The summed E-state index contributed by atoms with van der Waals surface area (Å²) in [6.45, 7) is 41.9. The largest absolute Gasteiger partial charge is 0.697 e. The zero-order valence-electron chi connectivity index (χ0n) is 50.8. The maximum atomic E-state index is 11.3. The van der Waals surface area contributed by atoms with E-state index in [1.54, 1.807) is 0 Å². The second kappa shape index (κ2) is 29.5. The molecule has 6 aliphatic heterocycles. The Morgan fingerprint density at radius 2 is 0.526 bits per heavy atom. The molecule has 0 bridgehead atoms. The van der Waals surface area contributed by atoms with Gasteiger partial charge in [0.2, 0.25) is 0 Å². The Hall–Kier alpha value is -2.15. The van der Waals surface area contributed by atoms with Gasteiger partial charge < -0.3 is 42.8 Å². The van der Waals surface area contributed by atoms with Gasteiger partial charge in [0, 0.05) is 150 Å². The first-order chi connectivity index (χ1) is 34.1. The minimum Gasteiger partial charge on any atom is -0.329 e. The number of rotatable bonds is 4. The van der Waals surface area contributed by atoms with Crippen LogP contribution >= 0.6 is 8.25 Å². The Morgan fingerprint density at radius 3 is 0.671 bits per heavy atom. The van der Waals surface area contributed by atoms with Crippen LogP contribution < -0.4 is 16.8 Å². The lowest BCUT2D eigenvalue weighted by molar-refractivity contribution is -0.237. The highest BCUT2D eigenvalue weighted by Crippen LogP contribution is 2.38. The summed E-state index contributed by atoms with van der Waals surface area (Å²) in [6, 6.07) is 0. The maximum absolute atomic E-state index is 11.3. The predicted molar refractivity (Wildman–Crippen MR) is 294 cm³/mol. The number of piperidine rings is 5. The van der Waals surface area contributed by atoms with E-state index in [1.165, 1.54) is 25.3 Å². The van der Waals surface area contributed by atoms with Gasteiger partial charge in [0.15, 0.2) is 0 Å². The molecule has 6 heterocycles. The van der Waals surface area contributed by atoms with Crippen LogP contribution in [0.25, 0.3) is 0 Å². The molecule has 0 radical (unpaired) electrons. The Balaban J connectivity index is 0.000000869. The molecule has 0 aliphatic carbocycles. The van der Waals surface area contributed by atoms with Gasteiger partial charge in [0.1, 0.15) is 42.1 Å². The molecular weight excluding hydrogens is 1000 g/mol. The zero-order valence-corrected chi connectivity index (χ0v) is 51.7. The number of hydrogen-bond acceptors (Lipinski definition) is 21. The highest BCUT2D eigenvalue weighted by molar-refractivity contribution is 7.33. The van der Waals surface area contributed by atoms with Gasteiger partial charge in [-0.2, -0.15) is 25.3 Å². The molecule has 0 aromatic heterocycles. The first-order valence-corrected chi connectivity index (χ1v) is 28.1. The molecular formula is C54H108N8O13P+. The van der Waals surface area contributed by atoms with Crippen LogP contribution in [0.5, 0.6) is 0 Å². The molecule has 0 saturated carbocycles. The SMILES string of the molecule is CC1(C)CC(=O)CC(C)(C)N1O.CC1(C)CC(=O)CC(C)(C)N1O.CC1(C)CC(=O)CC(C)(C)N1O.CC1(C)CC(=O)CC(C)(C)N1O.CC1(C)CC(=O)CC(C)(C)N1O.NCCNCCN.O=[P+]1OCCCCCO1. The Morgan fingerprint density at radius 1 is 0.368 bits per heavy atom. The average molecular weight is 1110 g/mol. The molecule has 6 aliphatic rings. The summed E-state index contributed by atoms with van der Waals surface area (Å²) in [4.78, 5) is 56.5. The van der Waals surface area contributed by atoms with E-state index in [4.69, 9.17) is 20.5 Å². The topological polar surface area (TPSA) is 302 Å². The highest BCUT2D eigenvalue weighted by atomic mass is 31.1. The Labute approximate surface area is 458 Å². The van der Waals surface area contributed by atoms with Gasteiger partial charge >= 0.3 is 8.25 Å². The standard InChI is InChI=1S/5C9H17NO2.C5H10O3P.C4H13N3/c5*1-8(2)5-7(11)6-9(3,4)10(8)12;6-9-7-4-2-1-3-5-8-9;5-1-3-7-4-2-6/h5*12H,5-6H2,1-4H3;1-5H2;7H,1-6H2/q;;;;;+1;. The fourth-order valence-corrected chi connectivity index (χ4v) is 11.6. The van der Waals surface area contributed by atoms with Crippen LogP contribution in [0.15, 0.2) is 0 Å². The van der Waals surface area contributed by atoms with Gasteiger partial charge in [-0.1, -0.05) is 0 Å². The van der Waals surface area contributed by atoms with E-state index in [9.17, 15) is 54.6 Å². The molecule has 0 atom stereocenters. The monoisotopic (exact) mass is 1110 g/mol. The van der Waals surface area contributed by atoms with Crippen LogP contribution in [0.2, 0.25) is 0 Å². The molecule has 6 saturated heterocycles. The van der Waals surface area contributed by atoms with Crippen molar-refractivity contribution in [1.82, 2.24) is 30.6 Å². The second-order valence-electron chi connectivity index (χ2n) is 27.4. The van der Waals surface area contributed by atoms with Crippen molar-refractivity contribution < 1.29 is 63.6 Å². The van der Waals surface area contributed by atoms with Crippen LogP contribution in [-0.2, 0) is 37.6 Å².